The molecule has 142 valence electrons. The number of nitrogens with one attached hydrogen (secondary N) is 2. The third-order valence-electron chi connectivity index (χ3n) is 4.70. The largest absolute Gasteiger partial charge is 0.497 e. The summed E-state index contributed by atoms with van der Waals surface area (Å²) >= 11 is 0. The molecule has 0 bridgehead atoms. The van der Waals surface area contributed by atoms with Crippen molar-refractivity contribution in [2.75, 3.05) is 30.8 Å². The van der Waals surface area contributed by atoms with Gasteiger partial charge >= 0.3 is 0 Å². The molecule has 2 N–H and O–H groups in total. The Hall–Kier alpha value is -2.86. The van der Waals surface area contributed by atoms with Crippen molar-refractivity contribution in [1.29, 1.82) is 0 Å². The lowest BCUT2D eigenvalue weighted by molar-refractivity contribution is -0.117. The molecule has 2 aromatic rings. The van der Waals surface area contributed by atoms with Crippen LogP contribution in [0, 0.1) is 0 Å². The highest BCUT2D eigenvalue weighted by Crippen LogP contribution is 2.33. The van der Waals surface area contributed by atoms with Gasteiger partial charge in [-0.25, -0.2) is 0 Å². The van der Waals surface area contributed by atoms with Gasteiger partial charge in [0, 0.05) is 13.0 Å². The van der Waals surface area contributed by atoms with Crippen LogP contribution in [0.2, 0.25) is 0 Å². The summed E-state index contributed by atoms with van der Waals surface area (Å²) in [6, 6.07) is 15.4. The van der Waals surface area contributed by atoms with Gasteiger partial charge in [0.2, 0.25) is 11.8 Å². The summed E-state index contributed by atoms with van der Waals surface area (Å²) < 4.78 is 5.32. The molecular weight excluding hydrogens is 342 g/mol. The highest BCUT2D eigenvalue weighted by molar-refractivity contribution is 5.99. The van der Waals surface area contributed by atoms with Crippen molar-refractivity contribution >= 4 is 23.2 Å². The molecule has 2 aromatic carbocycles. The van der Waals surface area contributed by atoms with Crippen LogP contribution in [0.25, 0.3) is 0 Å². The van der Waals surface area contributed by atoms with Crippen LogP contribution >= 0.6 is 0 Å². The normalized spacial score (nSPS) is 16.7. The molecule has 0 saturated carbocycles. The van der Waals surface area contributed by atoms with Crippen LogP contribution in [-0.2, 0) is 9.59 Å². The molecule has 0 spiro atoms. The molecule has 0 radical (unpaired) electrons. The monoisotopic (exact) mass is 367 g/mol. The molecule has 3 rings (SSSR count). The van der Waals surface area contributed by atoms with Crippen LogP contribution in [0.4, 0.5) is 11.4 Å². The van der Waals surface area contributed by atoms with E-state index in [-0.39, 0.29) is 17.9 Å². The van der Waals surface area contributed by atoms with E-state index in [0.717, 1.165) is 25.1 Å². The Labute approximate surface area is 159 Å². The lowest BCUT2D eigenvalue weighted by Gasteiger charge is -2.24. The number of methoxy groups -OCH3 is 1. The van der Waals surface area contributed by atoms with E-state index in [1.807, 2.05) is 30.3 Å². The van der Waals surface area contributed by atoms with Crippen LogP contribution in [-0.4, -0.2) is 36.9 Å². The number of anilines is 2. The van der Waals surface area contributed by atoms with E-state index in [1.165, 1.54) is 12.5 Å². The van der Waals surface area contributed by atoms with E-state index >= 15 is 0 Å². The van der Waals surface area contributed by atoms with E-state index in [4.69, 9.17) is 4.74 Å². The third kappa shape index (κ3) is 4.86. The van der Waals surface area contributed by atoms with Crippen molar-refractivity contribution < 1.29 is 14.3 Å². The van der Waals surface area contributed by atoms with Crippen molar-refractivity contribution in [2.24, 2.45) is 0 Å². The smallest absolute Gasteiger partial charge is 0.238 e. The quantitative estimate of drug-likeness (QED) is 0.821. The van der Waals surface area contributed by atoms with Gasteiger partial charge in [0.05, 0.1) is 25.0 Å². The van der Waals surface area contributed by atoms with E-state index in [9.17, 15) is 9.59 Å². The minimum Gasteiger partial charge on any atom is -0.497 e. The predicted octanol–water partition coefficient (Wildman–Crippen LogP) is 3.43. The van der Waals surface area contributed by atoms with Gasteiger partial charge in [-0.05, 0) is 49.2 Å². The molecule has 1 heterocycles. The highest BCUT2D eigenvalue weighted by Gasteiger charge is 2.28. The first-order valence-electron chi connectivity index (χ1n) is 9.11. The Morgan fingerprint density at radius 1 is 1.11 bits per heavy atom. The van der Waals surface area contributed by atoms with Crippen molar-refractivity contribution in [3.8, 4) is 5.75 Å². The predicted molar refractivity (Wildman–Crippen MR) is 106 cm³/mol. The number of benzene rings is 2. The molecule has 1 fully saturated rings. The third-order valence-corrected chi connectivity index (χ3v) is 4.70. The number of carbonyl (C=O) groups is 2. The van der Waals surface area contributed by atoms with Crippen LogP contribution in [0.3, 0.4) is 0 Å². The Kier molecular flexibility index (Phi) is 6.08. The van der Waals surface area contributed by atoms with Crippen LogP contribution in [0.5, 0.6) is 5.75 Å². The Bertz CT molecular complexity index is 822. The maximum atomic E-state index is 12.6. The number of nitrogens with zero attached hydrogens (tertiary/aromatic N) is 1. The maximum absolute atomic E-state index is 12.6. The van der Waals surface area contributed by atoms with Gasteiger partial charge in [0.15, 0.2) is 0 Å². The van der Waals surface area contributed by atoms with E-state index in [0.29, 0.717) is 17.9 Å². The molecule has 1 saturated heterocycles. The lowest BCUT2D eigenvalue weighted by Crippen LogP contribution is -2.33. The lowest BCUT2D eigenvalue weighted by atomic mass is 10.0. The second-order valence-electron chi connectivity index (χ2n) is 6.68. The Morgan fingerprint density at radius 3 is 2.56 bits per heavy atom. The van der Waals surface area contributed by atoms with E-state index in [2.05, 4.69) is 21.6 Å². The number of hydrogen-bond acceptors (Lipinski definition) is 4. The Morgan fingerprint density at radius 2 is 1.85 bits per heavy atom. The molecule has 0 aromatic heterocycles. The fraction of sp³-hybridized carbons (Fsp3) is 0.333. The van der Waals surface area contributed by atoms with Crippen molar-refractivity contribution in [3.05, 3.63) is 54.1 Å². The van der Waals surface area contributed by atoms with Gasteiger partial charge in [-0.1, -0.05) is 24.3 Å². The van der Waals surface area contributed by atoms with Gasteiger partial charge < -0.3 is 15.4 Å². The SMILES string of the molecule is COc1cccc([C@@H]2CCCN2CC(=O)Nc2ccccc2NC(C)=O)c1. The first kappa shape index (κ1) is 18.9. The van der Waals surface area contributed by atoms with Gasteiger partial charge in [0.1, 0.15) is 5.75 Å². The number of ether oxygens (including phenoxy) is 1. The minimum atomic E-state index is -0.172. The van der Waals surface area contributed by atoms with Crippen LogP contribution in [0.1, 0.15) is 31.4 Å². The molecule has 2 amide bonds. The van der Waals surface area contributed by atoms with E-state index < -0.39 is 0 Å². The minimum absolute atomic E-state index is 0.0948. The van der Waals surface area contributed by atoms with Crippen molar-refractivity contribution in [2.45, 2.75) is 25.8 Å². The van der Waals surface area contributed by atoms with Crippen LogP contribution in [0.15, 0.2) is 48.5 Å². The zero-order chi connectivity index (χ0) is 19.2. The summed E-state index contributed by atoms with van der Waals surface area (Å²) in [5.41, 5.74) is 2.37. The first-order chi connectivity index (χ1) is 13.1. The number of carbonyl (C=O) groups excluding carboxylic acids is 2. The number of para-hydroxylation sites is 2. The zero-order valence-electron chi connectivity index (χ0n) is 15.7. The van der Waals surface area contributed by atoms with Crippen LogP contribution < -0.4 is 15.4 Å². The number of amides is 2. The number of hydrogen-bond donors (Lipinski definition) is 2. The summed E-state index contributed by atoms with van der Waals surface area (Å²) in [4.78, 5) is 26.1. The highest BCUT2D eigenvalue weighted by atomic mass is 16.5. The number of rotatable bonds is 6. The second kappa shape index (κ2) is 8.68. The fourth-order valence-corrected chi connectivity index (χ4v) is 3.51. The summed E-state index contributed by atoms with van der Waals surface area (Å²) in [7, 11) is 1.66. The summed E-state index contributed by atoms with van der Waals surface area (Å²) in [5.74, 6) is 0.560. The molecule has 6 heteroatoms. The molecule has 1 atom stereocenters. The average Bonchev–Trinajstić information content (AvgIpc) is 3.11. The standard InChI is InChI=1S/C21H25N3O3/c1-15(25)22-18-9-3-4-10-19(18)23-21(26)14-24-12-6-11-20(24)16-7-5-8-17(13-16)27-2/h3-5,7-10,13,20H,6,11-12,14H2,1-2H3,(H,22,25)(H,23,26)/t20-/m0/s1. The second-order valence-corrected chi connectivity index (χ2v) is 6.68. The van der Waals surface area contributed by atoms with Gasteiger partial charge in [-0.2, -0.15) is 0 Å². The first-order valence-corrected chi connectivity index (χ1v) is 9.11. The molecule has 0 aliphatic carbocycles. The number of likely N-dealkylation sites (tertiary alicyclic amines) is 1. The van der Waals surface area contributed by atoms with Gasteiger partial charge in [-0.15, -0.1) is 0 Å². The van der Waals surface area contributed by atoms with Gasteiger partial charge in [-0.3, -0.25) is 14.5 Å². The van der Waals surface area contributed by atoms with Gasteiger partial charge in [0.25, 0.3) is 0 Å². The molecule has 6 nitrogen and oxygen atoms in total. The summed E-state index contributed by atoms with van der Waals surface area (Å²) in [5, 5.41) is 5.66. The molecule has 1 aliphatic heterocycles. The summed E-state index contributed by atoms with van der Waals surface area (Å²) in [6.07, 6.45) is 2.07. The van der Waals surface area contributed by atoms with Crippen molar-refractivity contribution in [1.82, 2.24) is 4.90 Å². The maximum Gasteiger partial charge on any atom is 0.238 e. The molecule has 0 unspecified atom stereocenters. The topological polar surface area (TPSA) is 70.7 Å². The summed E-state index contributed by atoms with van der Waals surface area (Å²) in [6.45, 7) is 2.63. The zero-order valence-corrected chi connectivity index (χ0v) is 15.7. The molecular formula is C21H25N3O3. The molecule has 1 aliphatic rings. The fourth-order valence-electron chi connectivity index (χ4n) is 3.51. The van der Waals surface area contributed by atoms with E-state index in [1.54, 1.807) is 19.2 Å². The van der Waals surface area contributed by atoms with Crippen molar-refractivity contribution in [3.63, 3.8) is 0 Å². The molecule has 27 heavy (non-hydrogen) atoms. The Balaban J connectivity index is 1.67. The average molecular weight is 367 g/mol.